The number of hydrogen-bond donors (Lipinski definition) is 0. The van der Waals surface area contributed by atoms with Crippen molar-refractivity contribution in [2.24, 2.45) is 0 Å². The average Bonchev–Trinajstić information content (AvgIpc) is 2.46. The fourth-order valence-corrected chi connectivity index (χ4v) is 1.76. The summed E-state index contributed by atoms with van der Waals surface area (Å²) in [4.78, 5) is 0. The molecule has 0 unspecified atom stereocenters. The molecule has 1 rings (SSSR count). The third kappa shape index (κ3) is 6.83. The summed E-state index contributed by atoms with van der Waals surface area (Å²) in [7, 11) is 0. The molecular weight excluding hydrogens is 238 g/mol. The van der Waals surface area contributed by atoms with Crippen LogP contribution in [0.25, 0.3) is 0 Å². The van der Waals surface area contributed by atoms with E-state index in [-0.39, 0.29) is 0 Å². The number of hydrogen-bond acceptors (Lipinski definition) is 3. The molecule has 0 bridgehead atoms. The molecule has 0 N–H and O–H groups in total. The molecule has 0 heterocycles. The molecular formula is C16H23NO2. The van der Waals surface area contributed by atoms with Crippen LogP contribution in [0.5, 0.6) is 5.75 Å². The van der Waals surface area contributed by atoms with Gasteiger partial charge in [0.05, 0.1) is 12.2 Å². The van der Waals surface area contributed by atoms with E-state index in [0.717, 1.165) is 26.1 Å². The highest BCUT2D eigenvalue weighted by Gasteiger charge is 2.00. The Balaban J connectivity index is 2.03. The first-order valence-electron chi connectivity index (χ1n) is 7.08. The number of para-hydroxylation sites is 1. The lowest BCUT2D eigenvalue weighted by molar-refractivity contribution is 0.116. The fraction of sp³-hybridized carbons (Fsp3) is 0.562. The summed E-state index contributed by atoms with van der Waals surface area (Å²) in [5.74, 6) is 0.660. The van der Waals surface area contributed by atoms with Crippen LogP contribution in [-0.4, -0.2) is 19.8 Å². The first-order chi connectivity index (χ1) is 9.38. The molecule has 1 aromatic carbocycles. The van der Waals surface area contributed by atoms with Gasteiger partial charge in [-0.05, 0) is 18.6 Å². The molecule has 0 spiro atoms. The lowest BCUT2D eigenvalue weighted by atomic mass is 10.2. The van der Waals surface area contributed by atoms with Crippen LogP contribution in [0.3, 0.4) is 0 Å². The zero-order valence-electron chi connectivity index (χ0n) is 11.7. The number of nitriles is 1. The summed E-state index contributed by atoms with van der Waals surface area (Å²) in [6, 6.07) is 9.42. The van der Waals surface area contributed by atoms with Gasteiger partial charge in [0.2, 0.25) is 0 Å². The second-order valence-corrected chi connectivity index (χ2v) is 4.48. The zero-order chi connectivity index (χ0) is 13.8. The average molecular weight is 261 g/mol. The molecule has 0 aromatic heterocycles. The van der Waals surface area contributed by atoms with Gasteiger partial charge in [0, 0.05) is 19.6 Å². The molecule has 104 valence electrons. The van der Waals surface area contributed by atoms with Gasteiger partial charge in [-0.2, -0.15) is 5.26 Å². The smallest absolute Gasteiger partial charge is 0.137 e. The summed E-state index contributed by atoms with van der Waals surface area (Å²) in [6.45, 7) is 4.36. The van der Waals surface area contributed by atoms with Crippen molar-refractivity contribution in [1.82, 2.24) is 0 Å². The minimum atomic E-state index is 0.586. The summed E-state index contributed by atoms with van der Waals surface area (Å²) in [5, 5.41) is 8.91. The predicted octanol–water partition coefficient (Wildman–Crippen LogP) is 3.92. The van der Waals surface area contributed by atoms with Gasteiger partial charge in [0.15, 0.2) is 0 Å². The SMILES string of the molecule is CCCCCCOCCCOc1ccccc1C#N. The van der Waals surface area contributed by atoms with Crippen molar-refractivity contribution in [3.63, 3.8) is 0 Å². The van der Waals surface area contributed by atoms with Crippen molar-refractivity contribution in [3.8, 4) is 11.8 Å². The topological polar surface area (TPSA) is 42.2 Å². The maximum absolute atomic E-state index is 8.91. The lowest BCUT2D eigenvalue weighted by Crippen LogP contribution is -2.04. The van der Waals surface area contributed by atoms with Crippen LogP contribution < -0.4 is 4.74 Å². The first-order valence-corrected chi connectivity index (χ1v) is 7.08. The molecule has 0 aliphatic heterocycles. The Bertz CT molecular complexity index is 385. The molecule has 0 saturated carbocycles. The molecule has 3 nitrogen and oxygen atoms in total. The molecule has 0 amide bonds. The molecule has 19 heavy (non-hydrogen) atoms. The molecule has 0 saturated heterocycles. The van der Waals surface area contributed by atoms with Gasteiger partial charge in [-0.1, -0.05) is 38.3 Å². The van der Waals surface area contributed by atoms with Gasteiger partial charge >= 0.3 is 0 Å². The molecule has 0 fully saturated rings. The number of ether oxygens (including phenoxy) is 2. The molecule has 0 aliphatic rings. The highest BCUT2D eigenvalue weighted by Crippen LogP contribution is 2.16. The summed E-state index contributed by atoms with van der Waals surface area (Å²) in [5.41, 5.74) is 0.586. The molecule has 1 aromatic rings. The Morgan fingerprint density at radius 3 is 2.58 bits per heavy atom. The van der Waals surface area contributed by atoms with Gasteiger partial charge in [-0.3, -0.25) is 0 Å². The van der Waals surface area contributed by atoms with Gasteiger partial charge in [-0.25, -0.2) is 0 Å². The quantitative estimate of drug-likeness (QED) is 0.599. The minimum Gasteiger partial charge on any atom is -0.492 e. The number of nitrogens with zero attached hydrogens (tertiary/aromatic N) is 1. The van der Waals surface area contributed by atoms with E-state index in [2.05, 4.69) is 13.0 Å². The van der Waals surface area contributed by atoms with Gasteiger partial charge in [0.1, 0.15) is 11.8 Å². The van der Waals surface area contributed by atoms with Crippen molar-refractivity contribution >= 4 is 0 Å². The van der Waals surface area contributed by atoms with Crippen molar-refractivity contribution < 1.29 is 9.47 Å². The minimum absolute atomic E-state index is 0.586. The third-order valence-electron chi connectivity index (χ3n) is 2.84. The van der Waals surface area contributed by atoms with Crippen molar-refractivity contribution in [2.45, 2.75) is 39.0 Å². The van der Waals surface area contributed by atoms with Gasteiger partial charge in [-0.15, -0.1) is 0 Å². The fourth-order valence-electron chi connectivity index (χ4n) is 1.76. The van der Waals surface area contributed by atoms with Gasteiger partial charge in [0.25, 0.3) is 0 Å². The van der Waals surface area contributed by atoms with Crippen LogP contribution >= 0.6 is 0 Å². The number of unbranched alkanes of at least 4 members (excludes halogenated alkanes) is 3. The van der Waals surface area contributed by atoms with Crippen LogP contribution in [0.2, 0.25) is 0 Å². The Hall–Kier alpha value is -1.53. The second-order valence-electron chi connectivity index (χ2n) is 4.48. The zero-order valence-corrected chi connectivity index (χ0v) is 11.7. The van der Waals surface area contributed by atoms with Crippen LogP contribution in [0.1, 0.15) is 44.6 Å². The standard InChI is InChI=1S/C16H23NO2/c1-2-3-4-7-11-18-12-8-13-19-16-10-6-5-9-15(16)14-17/h5-6,9-10H,2-4,7-8,11-13H2,1H3. The first kappa shape index (κ1) is 15.5. The van der Waals surface area contributed by atoms with Crippen LogP contribution in [0.15, 0.2) is 24.3 Å². The molecule has 3 heteroatoms. The van der Waals surface area contributed by atoms with E-state index in [1.165, 1.54) is 19.3 Å². The molecule has 0 radical (unpaired) electrons. The maximum Gasteiger partial charge on any atom is 0.137 e. The third-order valence-corrected chi connectivity index (χ3v) is 2.84. The Kier molecular flexibility index (Phi) is 8.50. The van der Waals surface area contributed by atoms with Crippen molar-refractivity contribution in [1.29, 1.82) is 5.26 Å². The van der Waals surface area contributed by atoms with Crippen LogP contribution in [-0.2, 0) is 4.74 Å². The number of rotatable bonds is 10. The molecule has 0 aliphatic carbocycles. The summed E-state index contributed by atoms with van der Waals surface area (Å²) in [6.07, 6.45) is 5.80. The van der Waals surface area contributed by atoms with E-state index in [1.54, 1.807) is 6.07 Å². The normalized spacial score (nSPS) is 10.1. The second kappa shape index (κ2) is 10.4. The molecule has 0 atom stereocenters. The van der Waals surface area contributed by atoms with Crippen molar-refractivity contribution in [2.75, 3.05) is 19.8 Å². The van der Waals surface area contributed by atoms with Gasteiger partial charge < -0.3 is 9.47 Å². The lowest BCUT2D eigenvalue weighted by Gasteiger charge is -2.08. The predicted molar refractivity (Wildman–Crippen MR) is 76.2 cm³/mol. The van der Waals surface area contributed by atoms with E-state index < -0.39 is 0 Å². The van der Waals surface area contributed by atoms with E-state index >= 15 is 0 Å². The summed E-state index contributed by atoms with van der Waals surface area (Å²) >= 11 is 0. The van der Waals surface area contributed by atoms with Crippen molar-refractivity contribution in [3.05, 3.63) is 29.8 Å². The largest absolute Gasteiger partial charge is 0.492 e. The van der Waals surface area contributed by atoms with E-state index in [4.69, 9.17) is 14.7 Å². The van der Waals surface area contributed by atoms with E-state index in [0.29, 0.717) is 17.9 Å². The van der Waals surface area contributed by atoms with Crippen LogP contribution in [0, 0.1) is 11.3 Å². The number of benzene rings is 1. The van der Waals surface area contributed by atoms with E-state index in [9.17, 15) is 0 Å². The Morgan fingerprint density at radius 2 is 1.79 bits per heavy atom. The Labute approximate surface area is 116 Å². The maximum atomic E-state index is 8.91. The highest BCUT2D eigenvalue weighted by molar-refractivity contribution is 5.42. The highest BCUT2D eigenvalue weighted by atomic mass is 16.5. The monoisotopic (exact) mass is 261 g/mol. The van der Waals surface area contributed by atoms with E-state index in [1.807, 2.05) is 18.2 Å². The Morgan fingerprint density at radius 1 is 1.00 bits per heavy atom. The van der Waals surface area contributed by atoms with Crippen LogP contribution in [0.4, 0.5) is 0 Å². The summed E-state index contributed by atoms with van der Waals surface area (Å²) < 4.78 is 11.1.